The van der Waals surface area contributed by atoms with E-state index < -0.39 is 17.6 Å². The lowest BCUT2D eigenvalue weighted by Gasteiger charge is -2.46. The average Bonchev–Trinajstić information content (AvgIpc) is 2.37. The van der Waals surface area contributed by atoms with Gasteiger partial charge in [-0.1, -0.05) is 18.2 Å². The van der Waals surface area contributed by atoms with Crippen LogP contribution in [-0.4, -0.2) is 24.2 Å². The molecular weight excluding hydrogens is 258 g/mol. The minimum absolute atomic E-state index is 0.197. The summed E-state index contributed by atoms with van der Waals surface area (Å²) in [5, 5.41) is 2.79. The highest BCUT2D eigenvalue weighted by atomic mass is 16.5. The van der Waals surface area contributed by atoms with Gasteiger partial charge in [-0.25, -0.2) is 0 Å². The molecule has 3 atom stereocenters. The molecule has 1 fully saturated rings. The Morgan fingerprint density at radius 3 is 3.00 bits per heavy atom. The van der Waals surface area contributed by atoms with E-state index >= 15 is 0 Å². The Morgan fingerprint density at radius 1 is 1.50 bits per heavy atom. The zero-order valence-electron chi connectivity index (χ0n) is 11.5. The molecule has 2 aliphatic rings. The van der Waals surface area contributed by atoms with E-state index in [1.807, 2.05) is 31.2 Å². The molecule has 1 aromatic carbocycles. The fraction of sp³-hybridized carbons (Fsp3) is 0.467. The molecule has 2 bridgehead atoms. The Morgan fingerprint density at radius 2 is 2.25 bits per heavy atom. The SMILES string of the molecule is CCOC(=O)[C@@H]1C(=O)N[C@@]2(C)C[C@H]1c1ccccc1O2. The highest BCUT2D eigenvalue weighted by Gasteiger charge is 2.52. The maximum Gasteiger partial charge on any atom is 0.319 e. The summed E-state index contributed by atoms with van der Waals surface area (Å²) in [6.45, 7) is 3.83. The van der Waals surface area contributed by atoms with Crippen molar-refractivity contribution in [2.24, 2.45) is 5.92 Å². The van der Waals surface area contributed by atoms with E-state index in [2.05, 4.69) is 5.32 Å². The van der Waals surface area contributed by atoms with Crippen molar-refractivity contribution in [3.05, 3.63) is 29.8 Å². The number of esters is 1. The van der Waals surface area contributed by atoms with Crippen molar-refractivity contribution >= 4 is 11.9 Å². The maximum absolute atomic E-state index is 12.2. The minimum Gasteiger partial charge on any atom is -0.468 e. The van der Waals surface area contributed by atoms with Gasteiger partial charge in [0.05, 0.1) is 6.61 Å². The molecular formula is C15H17NO4. The van der Waals surface area contributed by atoms with Crippen LogP contribution < -0.4 is 10.1 Å². The van der Waals surface area contributed by atoms with Crippen LogP contribution in [0.3, 0.4) is 0 Å². The zero-order valence-corrected chi connectivity index (χ0v) is 11.5. The number of amides is 1. The van der Waals surface area contributed by atoms with Gasteiger partial charge in [-0.3, -0.25) is 9.59 Å². The molecule has 3 rings (SSSR count). The number of fused-ring (bicyclic) bond motifs is 4. The van der Waals surface area contributed by atoms with E-state index in [1.54, 1.807) is 6.92 Å². The molecule has 1 N–H and O–H groups in total. The van der Waals surface area contributed by atoms with E-state index in [4.69, 9.17) is 9.47 Å². The normalized spacial score (nSPS) is 30.8. The third kappa shape index (κ3) is 1.94. The van der Waals surface area contributed by atoms with Crippen molar-refractivity contribution < 1.29 is 19.1 Å². The first-order valence-electron chi connectivity index (χ1n) is 6.80. The third-order valence-electron chi connectivity index (χ3n) is 3.88. The highest BCUT2D eigenvalue weighted by Crippen LogP contribution is 2.46. The average molecular weight is 275 g/mol. The summed E-state index contributed by atoms with van der Waals surface area (Å²) in [4.78, 5) is 24.3. The van der Waals surface area contributed by atoms with Crippen molar-refractivity contribution in [3.8, 4) is 5.75 Å². The number of carbonyl (C=O) groups excluding carboxylic acids is 2. The molecule has 2 heterocycles. The first kappa shape index (κ1) is 13.0. The van der Waals surface area contributed by atoms with Crippen LogP contribution in [0.15, 0.2) is 24.3 Å². The first-order valence-corrected chi connectivity index (χ1v) is 6.80. The lowest BCUT2D eigenvalue weighted by atomic mass is 9.75. The van der Waals surface area contributed by atoms with Crippen LogP contribution in [0.1, 0.15) is 31.7 Å². The van der Waals surface area contributed by atoms with Gasteiger partial charge in [0.1, 0.15) is 11.7 Å². The summed E-state index contributed by atoms with van der Waals surface area (Å²) in [5.41, 5.74) is 0.150. The fourth-order valence-electron chi connectivity index (χ4n) is 3.09. The second kappa shape index (κ2) is 4.51. The van der Waals surface area contributed by atoms with Crippen LogP contribution >= 0.6 is 0 Å². The molecule has 0 aliphatic carbocycles. The van der Waals surface area contributed by atoms with Gasteiger partial charge in [0.25, 0.3) is 0 Å². The molecule has 0 aromatic heterocycles. The van der Waals surface area contributed by atoms with Gasteiger partial charge in [-0.15, -0.1) is 0 Å². The quantitative estimate of drug-likeness (QED) is 0.657. The molecule has 106 valence electrons. The number of rotatable bonds is 2. The molecule has 5 heteroatoms. The maximum atomic E-state index is 12.2. The Hall–Kier alpha value is -2.04. The van der Waals surface area contributed by atoms with Gasteiger partial charge in [0.15, 0.2) is 5.72 Å². The summed E-state index contributed by atoms with van der Waals surface area (Å²) in [5.74, 6) is -1.06. The smallest absolute Gasteiger partial charge is 0.319 e. The summed E-state index contributed by atoms with van der Waals surface area (Å²) in [6, 6.07) is 7.54. The number of piperidine rings is 1. The standard InChI is InChI=1S/C15H17NO4/c1-3-19-14(18)12-10-8-15(2,16-13(12)17)20-11-7-5-4-6-9(10)11/h4-7,10,12H,3,8H2,1-2H3,(H,16,17)/t10-,12-,15+/m0/s1. The number of hydrogen-bond donors (Lipinski definition) is 1. The molecule has 0 radical (unpaired) electrons. The zero-order chi connectivity index (χ0) is 14.3. The van der Waals surface area contributed by atoms with Crippen LogP contribution in [0, 0.1) is 5.92 Å². The van der Waals surface area contributed by atoms with Gasteiger partial charge >= 0.3 is 5.97 Å². The topological polar surface area (TPSA) is 64.6 Å². The Bertz CT molecular complexity index is 571. The van der Waals surface area contributed by atoms with Crippen LogP contribution in [0.25, 0.3) is 0 Å². The van der Waals surface area contributed by atoms with Crippen LogP contribution in [0.4, 0.5) is 0 Å². The van der Waals surface area contributed by atoms with Crippen molar-refractivity contribution in [1.82, 2.24) is 5.32 Å². The summed E-state index contributed by atoms with van der Waals surface area (Å²) < 4.78 is 10.9. The number of para-hydroxylation sites is 1. The second-order valence-electron chi connectivity index (χ2n) is 5.40. The molecule has 20 heavy (non-hydrogen) atoms. The molecule has 0 unspecified atom stereocenters. The summed E-state index contributed by atoms with van der Waals surface area (Å²) in [6.07, 6.45) is 0.569. The lowest BCUT2D eigenvalue weighted by Crippen LogP contribution is -2.62. The lowest BCUT2D eigenvalue weighted by molar-refractivity contribution is -0.160. The Balaban J connectivity index is 2.04. The summed E-state index contributed by atoms with van der Waals surface area (Å²) >= 11 is 0. The molecule has 5 nitrogen and oxygen atoms in total. The van der Waals surface area contributed by atoms with Gasteiger partial charge < -0.3 is 14.8 Å². The van der Waals surface area contributed by atoms with Crippen LogP contribution in [-0.2, 0) is 14.3 Å². The van der Waals surface area contributed by atoms with E-state index in [9.17, 15) is 9.59 Å². The van der Waals surface area contributed by atoms with Crippen molar-refractivity contribution in [2.45, 2.75) is 31.9 Å². The van der Waals surface area contributed by atoms with Crippen LogP contribution in [0.5, 0.6) is 5.75 Å². The monoisotopic (exact) mass is 275 g/mol. The Labute approximate surface area is 117 Å². The first-order chi connectivity index (χ1) is 9.54. The largest absolute Gasteiger partial charge is 0.468 e. The highest BCUT2D eigenvalue weighted by molar-refractivity contribution is 6.00. The number of benzene rings is 1. The third-order valence-corrected chi connectivity index (χ3v) is 3.88. The van der Waals surface area contributed by atoms with Gasteiger partial charge in [0.2, 0.25) is 5.91 Å². The molecule has 0 saturated carbocycles. The van der Waals surface area contributed by atoms with Gasteiger partial charge in [-0.2, -0.15) is 0 Å². The predicted molar refractivity (Wildman–Crippen MR) is 71.1 cm³/mol. The number of hydrogen-bond acceptors (Lipinski definition) is 4. The van der Waals surface area contributed by atoms with E-state index in [0.717, 1.165) is 11.3 Å². The van der Waals surface area contributed by atoms with Crippen molar-refractivity contribution in [2.75, 3.05) is 6.61 Å². The van der Waals surface area contributed by atoms with E-state index in [1.165, 1.54) is 0 Å². The van der Waals surface area contributed by atoms with E-state index in [-0.39, 0.29) is 18.4 Å². The minimum atomic E-state index is -0.798. The second-order valence-corrected chi connectivity index (χ2v) is 5.40. The number of ether oxygens (including phenoxy) is 2. The molecule has 1 aromatic rings. The van der Waals surface area contributed by atoms with Crippen LogP contribution in [0.2, 0.25) is 0 Å². The van der Waals surface area contributed by atoms with E-state index in [0.29, 0.717) is 6.42 Å². The van der Waals surface area contributed by atoms with Crippen molar-refractivity contribution in [3.63, 3.8) is 0 Å². The Kier molecular flexibility index (Phi) is 2.92. The number of carbonyl (C=O) groups is 2. The molecule has 1 amide bonds. The summed E-state index contributed by atoms with van der Waals surface area (Å²) in [7, 11) is 0. The molecule has 0 spiro atoms. The van der Waals surface area contributed by atoms with Gasteiger partial charge in [0, 0.05) is 12.3 Å². The predicted octanol–water partition coefficient (Wildman–Crippen LogP) is 1.58. The molecule has 1 saturated heterocycles. The van der Waals surface area contributed by atoms with Crippen molar-refractivity contribution in [1.29, 1.82) is 0 Å². The fourth-order valence-corrected chi connectivity index (χ4v) is 3.09. The molecule has 2 aliphatic heterocycles. The van der Waals surface area contributed by atoms with Gasteiger partial charge in [-0.05, 0) is 25.5 Å². The number of nitrogens with one attached hydrogen (secondary N) is 1.